The van der Waals surface area contributed by atoms with Crippen LogP contribution < -0.4 is 20.1 Å². The summed E-state index contributed by atoms with van der Waals surface area (Å²) < 4.78 is 11.0. The summed E-state index contributed by atoms with van der Waals surface area (Å²) >= 11 is 0. The summed E-state index contributed by atoms with van der Waals surface area (Å²) in [7, 11) is 0. The van der Waals surface area contributed by atoms with Gasteiger partial charge in [-0.3, -0.25) is 4.79 Å². The smallest absolute Gasteiger partial charge is 0.225 e. The number of benzene rings is 1. The van der Waals surface area contributed by atoms with Gasteiger partial charge in [-0.1, -0.05) is 6.92 Å². The number of hydrogen-bond donors (Lipinski definition) is 2. The number of hydrogen-bond acceptors (Lipinski definition) is 4. The van der Waals surface area contributed by atoms with Crippen molar-refractivity contribution in [3.8, 4) is 11.5 Å². The van der Waals surface area contributed by atoms with Crippen molar-refractivity contribution in [2.45, 2.75) is 40.2 Å². The molecule has 0 radical (unpaired) electrons. The van der Waals surface area contributed by atoms with E-state index < -0.39 is 0 Å². The van der Waals surface area contributed by atoms with Gasteiger partial charge in [-0.05, 0) is 39.4 Å². The molecule has 0 spiro atoms. The molecule has 2 N–H and O–H groups in total. The molecular formula is C16H26N2O3. The highest BCUT2D eigenvalue weighted by Gasteiger charge is 2.11. The third-order valence-corrected chi connectivity index (χ3v) is 2.87. The number of nitrogens with one attached hydrogen (secondary N) is 2. The zero-order valence-electron chi connectivity index (χ0n) is 13.4. The topological polar surface area (TPSA) is 59.6 Å². The highest BCUT2D eigenvalue weighted by Crippen LogP contribution is 2.30. The van der Waals surface area contributed by atoms with E-state index in [1.165, 1.54) is 0 Å². The van der Waals surface area contributed by atoms with Crippen LogP contribution >= 0.6 is 0 Å². The van der Waals surface area contributed by atoms with Crippen LogP contribution in [0, 0.1) is 0 Å². The number of carbonyl (C=O) groups excluding carboxylic acids is 1. The summed E-state index contributed by atoms with van der Waals surface area (Å²) in [6, 6.07) is 5.59. The van der Waals surface area contributed by atoms with Crippen molar-refractivity contribution in [3.63, 3.8) is 0 Å². The van der Waals surface area contributed by atoms with E-state index in [0.29, 0.717) is 31.1 Å². The monoisotopic (exact) mass is 294 g/mol. The predicted octanol–water partition coefficient (Wildman–Crippen LogP) is 2.81. The highest BCUT2D eigenvalue weighted by molar-refractivity contribution is 5.91. The Morgan fingerprint density at radius 3 is 2.43 bits per heavy atom. The Bertz CT molecular complexity index is 449. The SMILES string of the molecule is CCNC(C)CC(=O)Nc1ccc(OCC)c(OCC)c1. The standard InChI is InChI=1S/C16H26N2O3/c1-5-17-12(4)10-16(19)18-13-8-9-14(20-6-2)15(11-13)21-7-3/h8-9,11-12,17H,5-7,10H2,1-4H3,(H,18,19). The van der Waals surface area contributed by atoms with E-state index in [0.717, 1.165) is 12.2 Å². The molecule has 1 aromatic carbocycles. The fraction of sp³-hybridized carbons (Fsp3) is 0.562. The van der Waals surface area contributed by atoms with Crippen LogP contribution in [0.3, 0.4) is 0 Å². The second-order valence-corrected chi connectivity index (χ2v) is 4.74. The van der Waals surface area contributed by atoms with Gasteiger partial charge in [0.05, 0.1) is 13.2 Å². The quantitative estimate of drug-likeness (QED) is 0.735. The lowest BCUT2D eigenvalue weighted by molar-refractivity contribution is -0.116. The molecule has 0 saturated carbocycles. The maximum absolute atomic E-state index is 12.0. The van der Waals surface area contributed by atoms with Gasteiger partial charge >= 0.3 is 0 Å². The van der Waals surface area contributed by atoms with Crippen molar-refractivity contribution < 1.29 is 14.3 Å². The first kappa shape index (κ1) is 17.3. The van der Waals surface area contributed by atoms with Crippen molar-refractivity contribution >= 4 is 11.6 Å². The summed E-state index contributed by atoms with van der Waals surface area (Å²) in [4.78, 5) is 12.0. The van der Waals surface area contributed by atoms with Gasteiger partial charge in [-0.25, -0.2) is 0 Å². The van der Waals surface area contributed by atoms with E-state index in [4.69, 9.17) is 9.47 Å². The molecule has 0 bridgehead atoms. The number of rotatable bonds is 9. The predicted molar refractivity (Wildman–Crippen MR) is 85.2 cm³/mol. The molecule has 5 heteroatoms. The van der Waals surface area contributed by atoms with Crippen molar-refractivity contribution in [2.24, 2.45) is 0 Å². The molecule has 0 aliphatic heterocycles. The molecule has 21 heavy (non-hydrogen) atoms. The molecule has 0 heterocycles. The normalized spacial score (nSPS) is 11.8. The van der Waals surface area contributed by atoms with Crippen molar-refractivity contribution in [1.29, 1.82) is 0 Å². The first-order valence-corrected chi connectivity index (χ1v) is 7.53. The van der Waals surface area contributed by atoms with Crippen LogP contribution in [0.5, 0.6) is 11.5 Å². The molecule has 0 saturated heterocycles. The molecule has 0 fully saturated rings. The molecule has 1 amide bonds. The Labute approximate surface area is 127 Å². The number of anilines is 1. The first-order chi connectivity index (χ1) is 10.1. The fourth-order valence-electron chi connectivity index (χ4n) is 2.04. The van der Waals surface area contributed by atoms with Gasteiger partial charge in [-0.15, -0.1) is 0 Å². The van der Waals surface area contributed by atoms with Crippen LogP contribution in [0.2, 0.25) is 0 Å². The minimum Gasteiger partial charge on any atom is -0.490 e. The summed E-state index contributed by atoms with van der Waals surface area (Å²) in [5.74, 6) is 1.32. The third kappa shape index (κ3) is 6.04. The Hall–Kier alpha value is -1.75. The minimum atomic E-state index is -0.0185. The van der Waals surface area contributed by atoms with Gasteiger partial charge in [0, 0.05) is 24.2 Å². The number of ether oxygens (including phenoxy) is 2. The number of carbonyl (C=O) groups is 1. The first-order valence-electron chi connectivity index (χ1n) is 7.53. The number of amides is 1. The Balaban J connectivity index is 2.70. The van der Waals surface area contributed by atoms with E-state index in [2.05, 4.69) is 10.6 Å². The van der Waals surface area contributed by atoms with E-state index in [1.54, 1.807) is 6.07 Å². The molecular weight excluding hydrogens is 268 g/mol. The van der Waals surface area contributed by atoms with E-state index in [-0.39, 0.29) is 11.9 Å². The zero-order valence-corrected chi connectivity index (χ0v) is 13.4. The summed E-state index contributed by atoms with van der Waals surface area (Å²) in [5.41, 5.74) is 0.718. The van der Waals surface area contributed by atoms with Gasteiger partial charge < -0.3 is 20.1 Å². The Kier molecular flexibility index (Phi) is 7.61. The van der Waals surface area contributed by atoms with Crippen molar-refractivity contribution in [1.82, 2.24) is 5.32 Å². The van der Waals surface area contributed by atoms with Crippen LogP contribution in [-0.2, 0) is 4.79 Å². The van der Waals surface area contributed by atoms with Gasteiger partial charge in [0.2, 0.25) is 5.91 Å². The highest BCUT2D eigenvalue weighted by atomic mass is 16.5. The summed E-state index contributed by atoms with van der Waals surface area (Å²) in [5, 5.41) is 6.10. The lowest BCUT2D eigenvalue weighted by Gasteiger charge is -2.14. The second-order valence-electron chi connectivity index (χ2n) is 4.74. The largest absolute Gasteiger partial charge is 0.490 e. The van der Waals surface area contributed by atoms with Crippen LogP contribution in [0.1, 0.15) is 34.1 Å². The molecule has 1 atom stereocenters. The molecule has 118 valence electrons. The van der Waals surface area contributed by atoms with Crippen molar-refractivity contribution in [2.75, 3.05) is 25.1 Å². The Morgan fingerprint density at radius 2 is 1.81 bits per heavy atom. The minimum absolute atomic E-state index is 0.0185. The summed E-state index contributed by atoms with van der Waals surface area (Å²) in [6.45, 7) is 9.83. The molecule has 1 aromatic rings. The van der Waals surface area contributed by atoms with Gasteiger partial charge in [0.25, 0.3) is 0 Å². The van der Waals surface area contributed by atoms with Gasteiger partial charge in [0.15, 0.2) is 11.5 Å². The van der Waals surface area contributed by atoms with Gasteiger partial charge in [-0.2, -0.15) is 0 Å². The van der Waals surface area contributed by atoms with Crippen LogP contribution in [0.25, 0.3) is 0 Å². The third-order valence-electron chi connectivity index (χ3n) is 2.87. The van der Waals surface area contributed by atoms with E-state index >= 15 is 0 Å². The Morgan fingerprint density at radius 1 is 1.14 bits per heavy atom. The molecule has 0 aliphatic carbocycles. The lowest BCUT2D eigenvalue weighted by Crippen LogP contribution is -2.30. The fourth-order valence-corrected chi connectivity index (χ4v) is 2.04. The van der Waals surface area contributed by atoms with Gasteiger partial charge in [0.1, 0.15) is 0 Å². The lowest BCUT2D eigenvalue weighted by atomic mass is 10.2. The van der Waals surface area contributed by atoms with Crippen molar-refractivity contribution in [3.05, 3.63) is 18.2 Å². The van der Waals surface area contributed by atoms with E-state index in [9.17, 15) is 4.79 Å². The molecule has 0 aromatic heterocycles. The summed E-state index contributed by atoms with van der Waals surface area (Å²) in [6.07, 6.45) is 0.436. The molecule has 1 unspecified atom stereocenters. The molecule has 5 nitrogen and oxygen atoms in total. The van der Waals surface area contributed by atoms with Crippen LogP contribution in [0.15, 0.2) is 18.2 Å². The molecule has 0 aliphatic rings. The zero-order chi connectivity index (χ0) is 15.7. The van der Waals surface area contributed by atoms with E-state index in [1.807, 2.05) is 39.8 Å². The van der Waals surface area contributed by atoms with Crippen LogP contribution in [0.4, 0.5) is 5.69 Å². The maximum atomic E-state index is 12.0. The maximum Gasteiger partial charge on any atom is 0.225 e. The second kappa shape index (κ2) is 9.23. The average Bonchev–Trinajstić information content (AvgIpc) is 2.42. The molecule has 1 rings (SSSR count). The van der Waals surface area contributed by atoms with Crippen LogP contribution in [-0.4, -0.2) is 31.7 Å². The average molecular weight is 294 g/mol.